The first-order chi connectivity index (χ1) is 15.6. The van der Waals surface area contributed by atoms with Gasteiger partial charge in [0.25, 0.3) is 0 Å². The zero-order valence-corrected chi connectivity index (χ0v) is 21.0. The van der Waals surface area contributed by atoms with E-state index in [1.54, 1.807) is 0 Å². The fourth-order valence-corrected chi connectivity index (χ4v) is 4.26. The van der Waals surface area contributed by atoms with Crippen molar-refractivity contribution in [3.8, 4) is 0 Å². The number of nitrogens with zero attached hydrogens (tertiary/aromatic N) is 3. The average molecular weight is 435 g/mol. The number of rotatable bonds is 11. The van der Waals surface area contributed by atoms with Crippen molar-refractivity contribution in [3.05, 3.63) is 71.7 Å². The van der Waals surface area contributed by atoms with Crippen LogP contribution in [0.1, 0.15) is 63.1 Å². The molecule has 2 aromatic heterocycles. The third-order valence-corrected chi connectivity index (χ3v) is 5.91. The van der Waals surface area contributed by atoms with Gasteiger partial charge in [-0.05, 0) is 56.6 Å². The normalized spacial score (nSPS) is 10.8. The summed E-state index contributed by atoms with van der Waals surface area (Å²) < 4.78 is 2.50. The third-order valence-electron chi connectivity index (χ3n) is 5.91. The summed E-state index contributed by atoms with van der Waals surface area (Å²) in [5.41, 5.74) is 7.09. The molecule has 1 N–H and O–H groups in total. The molecule has 0 amide bonds. The predicted octanol–water partition coefficient (Wildman–Crippen LogP) is 6.27. The summed E-state index contributed by atoms with van der Waals surface area (Å²) in [6, 6.07) is 13.0. The smallest absolute Gasteiger partial charge is 0.0485 e. The molecule has 4 nitrogen and oxygen atoms in total. The summed E-state index contributed by atoms with van der Waals surface area (Å²) in [5, 5.41) is 4.43. The van der Waals surface area contributed by atoms with Crippen LogP contribution >= 0.6 is 0 Å². The van der Waals surface area contributed by atoms with Crippen molar-refractivity contribution in [1.29, 1.82) is 0 Å². The van der Waals surface area contributed by atoms with Crippen LogP contribution in [-0.2, 0) is 13.0 Å². The van der Waals surface area contributed by atoms with Crippen molar-refractivity contribution >= 4 is 16.6 Å². The van der Waals surface area contributed by atoms with Gasteiger partial charge in [0, 0.05) is 66.3 Å². The second kappa shape index (κ2) is 13.1. The van der Waals surface area contributed by atoms with E-state index in [1.807, 2.05) is 27.1 Å². The molecule has 3 rings (SSSR count). The van der Waals surface area contributed by atoms with E-state index in [-0.39, 0.29) is 0 Å². The van der Waals surface area contributed by atoms with Crippen LogP contribution in [0.2, 0.25) is 0 Å². The maximum atomic E-state index is 4.70. The zero-order valence-electron chi connectivity index (χ0n) is 21.0. The molecular formula is C28H42N4. The Morgan fingerprint density at radius 3 is 2.31 bits per heavy atom. The largest absolute Gasteiger partial charge is 0.388 e. The van der Waals surface area contributed by atoms with Crippen molar-refractivity contribution in [2.45, 2.75) is 60.4 Å². The van der Waals surface area contributed by atoms with Crippen molar-refractivity contribution in [2.75, 3.05) is 26.7 Å². The molecule has 1 aromatic carbocycles. The van der Waals surface area contributed by atoms with E-state index in [0.29, 0.717) is 0 Å². The number of para-hydroxylation sites is 1. The molecule has 0 bridgehead atoms. The molecule has 0 aliphatic rings. The fourth-order valence-electron chi connectivity index (χ4n) is 4.26. The molecule has 0 unspecified atom stereocenters. The Labute approximate surface area is 195 Å². The van der Waals surface area contributed by atoms with Crippen molar-refractivity contribution < 1.29 is 0 Å². The minimum atomic E-state index is 0.847. The van der Waals surface area contributed by atoms with Crippen molar-refractivity contribution in [1.82, 2.24) is 19.8 Å². The van der Waals surface area contributed by atoms with Gasteiger partial charge in [-0.15, -0.1) is 0 Å². The standard InChI is InChI=1S/C26H36N4.C2H6/c1-6-14-29(15-7-2)16-17-30-21(4)25(24-10-8-9-11-26(24)30)18-23-13-12-22(19-28-23)20(3)27-5;1-2/h8-13,19,27H,3,6-7,14-18H2,1-2,4-5H3;1-2H3. The first-order valence-corrected chi connectivity index (χ1v) is 12.2. The summed E-state index contributed by atoms with van der Waals surface area (Å²) in [6.07, 6.45) is 5.17. The first-order valence-electron chi connectivity index (χ1n) is 12.2. The van der Waals surface area contributed by atoms with Crippen LogP contribution in [-0.4, -0.2) is 41.1 Å². The molecule has 4 heteroatoms. The summed E-state index contributed by atoms with van der Waals surface area (Å²) in [7, 11) is 1.89. The average Bonchev–Trinajstić information content (AvgIpc) is 3.10. The highest BCUT2D eigenvalue weighted by Gasteiger charge is 2.15. The maximum absolute atomic E-state index is 4.70. The molecule has 0 saturated carbocycles. The van der Waals surface area contributed by atoms with Gasteiger partial charge in [-0.1, -0.05) is 52.5 Å². The monoisotopic (exact) mass is 434 g/mol. The number of hydrogen-bond donors (Lipinski definition) is 1. The second-order valence-corrected chi connectivity index (χ2v) is 8.02. The van der Waals surface area contributed by atoms with Gasteiger partial charge in [-0.3, -0.25) is 4.98 Å². The van der Waals surface area contributed by atoms with E-state index < -0.39 is 0 Å². The summed E-state index contributed by atoms with van der Waals surface area (Å²) in [6.45, 7) is 19.3. The SMILES string of the molecule is C=C(NC)c1ccc(Cc2c(C)n(CCN(CCC)CCC)c3ccccc23)nc1.CC. The summed E-state index contributed by atoms with van der Waals surface area (Å²) in [5.74, 6) is 0. The van der Waals surface area contributed by atoms with E-state index in [0.717, 1.165) is 36.5 Å². The molecule has 0 aliphatic heterocycles. The fraction of sp³-hybridized carbons (Fsp3) is 0.464. The number of pyridine rings is 1. The number of nitrogens with one attached hydrogen (secondary N) is 1. The molecule has 0 atom stereocenters. The molecule has 0 aliphatic carbocycles. The van der Waals surface area contributed by atoms with Crippen LogP contribution in [0.15, 0.2) is 49.2 Å². The topological polar surface area (TPSA) is 33.1 Å². The van der Waals surface area contributed by atoms with Gasteiger partial charge in [0.15, 0.2) is 0 Å². The lowest BCUT2D eigenvalue weighted by Crippen LogP contribution is -2.29. The number of fused-ring (bicyclic) bond motifs is 1. The minimum absolute atomic E-state index is 0.847. The predicted molar refractivity (Wildman–Crippen MR) is 140 cm³/mol. The molecule has 0 radical (unpaired) electrons. The maximum Gasteiger partial charge on any atom is 0.0485 e. The number of aromatic nitrogens is 2. The quantitative estimate of drug-likeness (QED) is 0.386. The highest BCUT2D eigenvalue weighted by atomic mass is 15.1. The Balaban J connectivity index is 0.00000176. The molecule has 3 aromatic rings. The lowest BCUT2D eigenvalue weighted by Gasteiger charge is -2.22. The zero-order chi connectivity index (χ0) is 23.5. The summed E-state index contributed by atoms with van der Waals surface area (Å²) >= 11 is 0. The second-order valence-electron chi connectivity index (χ2n) is 8.02. The Kier molecular flexibility index (Phi) is 10.5. The third kappa shape index (κ3) is 6.23. The molecule has 2 heterocycles. The van der Waals surface area contributed by atoms with Gasteiger partial charge in [0.2, 0.25) is 0 Å². The highest BCUT2D eigenvalue weighted by molar-refractivity contribution is 5.85. The van der Waals surface area contributed by atoms with E-state index >= 15 is 0 Å². The lowest BCUT2D eigenvalue weighted by atomic mass is 10.0. The van der Waals surface area contributed by atoms with Crippen LogP contribution in [0, 0.1) is 6.92 Å². The summed E-state index contributed by atoms with van der Waals surface area (Å²) in [4.78, 5) is 7.29. The van der Waals surface area contributed by atoms with E-state index in [9.17, 15) is 0 Å². The van der Waals surface area contributed by atoms with Gasteiger partial charge in [-0.25, -0.2) is 0 Å². The molecular weight excluding hydrogens is 392 g/mol. The Morgan fingerprint density at radius 1 is 1.03 bits per heavy atom. The van der Waals surface area contributed by atoms with Crippen molar-refractivity contribution in [2.24, 2.45) is 0 Å². The van der Waals surface area contributed by atoms with Crippen LogP contribution in [0.4, 0.5) is 0 Å². The molecule has 0 spiro atoms. The van der Waals surface area contributed by atoms with Gasteiger partial charge < -0.3 is 14.8 Å². The highest BCUT2D eigenvalue weighted by Crippen LogP contribution is 2.28. The van der Waals surface area contributed by atoms with E-state index in [2.05, 4.69) is 78.5 Å². The minimum Gasteiger partial charge on any atom is -0.388 e. The van der Waals surface area contributed by atoms with Crippen molar-refractivity contribution in [3.63, 3.8) is 0 Å². The Morgan fingerprint density at radius 2 is 1.72 bits per heavy atom. The number of benzene rings is 1. The van der Waals surface area contributed by atoms with Gasteiger partial charge in [0.1, 0.15) is 0 Å². The molecule has 0 saturated heterocycles. The molecule has 32 heavy (non-hydrogen) atoms. The van der Waals surface area contributed by atoms with E-state index in [4.69, 9.17) is 4.98 Å². The van der Waals surface area contributed by atoms with Crippen LogP contribution in [0.5, 0.6) is 0 Å². The van der Waals surface area contributed by atoms with Crippen LogP contribution < -0.4 is 5.32 Å². The van der Waals surface area contributed by atoms with Gasteiger partial charge in [0.05, 0.1) is 0 Å². The van der Waals surface area contributed by atoms with E-state index in [1.165, 1.54) is 48.1 Å². The molecule has 0 fully saturated rings. The van der Waals surface area contributed by atoms with Gasteiger partial charge >= 0.3 is 0 Å². The molecule has 174 valence electrons. The number of hydrogen-bond acceptors (Lipinski definition) is 3. The van der Waals surface area contributed by atoms with Crippen LogP contribution in [0.3, 0.4) is 0 Å². The van der Waals surface area contributed by atoms with Crippen LogP contribution in [0.25, 0.3) is 16.6 Å². The van der Waals surface area contributed by atoms with Gasteiger partial charge in [-0.2, -0.15) is 0 Å². The lowest BCUT2D eigenvalue weighted by molar-refractivity contribution is 0.264. The Bertz CT molecular complexity index is 963. The Hall–Kier alpha value is -2.59. The first kappa shape index (κ1) is 25.7.